The maximum atomic E-state index is 5.42. The van der Waals surface area contributed by atoms with Crippen LogP contribution in [0.25, 0.3) is 0 Å². The van der Waals surface area contributed by atoms with Gasteiger partial charge in [-0.3, -0.25) is 0 Å². The van der Waals surface area contributed by atoms with Crippen molar-refractivity contribution in [3.05, 3.63) is 11.7 Å². The van der Waals surface area contributed by atoms with Gasteiger partial charge in [0.1, 0.15) is 0 Å². The highest BCUT2D eigenvalue weighted by Gasteiger charge is 2.33. The molecule has 0 saturated carbocycles. The molecule has 0 aliphatic carbocycles. The summed E-state index contributed by atoms with van der Waals surface area (Å²) >= 11 is 3.98. The summed E-state index contributed by atoms with van der Waals surface area (Å²) in [4.78, 5) is 4.60. The molecule has 1 fully saturated rings. The minimum Gasteiger partial charge on any atom is -0.337 e. The Kier molecular flexibility index (Phi) is 4.61. The molecule has 2 unspecified atom stereocenters. The van der Waals surface area contributed by atoms with E-state index >= 15 is 0 Å². The van der Waals surface area contributed by atoms with Crippen LogP contribution in [0.4, 0.5) is 0 Å². The lowest BCUT2D eigenvalue weighted by Gasteiger charge is -2.27. The first kappa shape index (κ1) is 14.2. The highest BCUT2D eigenvalue weighted by atomic mass is 32.2. The molecular formula is C12H21N3OS2. The highest BCUT2D eigenvalue weighted by molar-refractivity contribution is 8.06. The van der Waals surface area contributed by atoms with Crippen molar-refractivity contribution in [2.24, 2.45) is 0 Å². The lowest BCUT2D eigenvalue weighted by molar-refractivity contribution is 0.279. The number of rotatable bonds is 4. The van der Waals surface area contributed by atoms with E-state index < -0.39 is 0 Å². The van der Waals surface area contributed by atoms with Crippen molar-refractivity contribution in [1.29, 1.82) is 0 Å². The molecule has 2 rings (SSSR count). The molecule has 1 aliphatic rings. The van der Waals surface area contributed by atoms with E-state index in [1.165, 1.54) is 11.5 Å². The summed E-state index contributed by atoms with van der Waals surface area (Å²) in [5, 5.41) is 8.36. The number of hydrogen-bond donors (Lipinski definition) is 1. The molecule has 0 bridgehead atoms. The lowest BCUT2D eigenvalue weighted by Crippen LogP contribution is -2.33. The molecule has 1 aromatic rings. The quantitative estimate of drug-likeness (QED) is 0.919. The number of aromatic nitrogens is 2. The van der Waals surface area contributed by atoms with E-state index in [1.54, 1.807) is 0 Å². The van der Waals surface area contributed by atoms with Crippen molar-refractivity contribution in [3.63, 3.8) is 0 Å². The molecule has 102 valence electrons. The first-order valence-electron chi connectivity index (χ1n) is 6.34. The number of hydrogen-bond acceptors (Lipinski definition) is 6. The Labute approximate surface area is 117 Å². The summed E-state index contributed by atoms with van der Waals surface area (Å²) in [7, 11) is 1.91. The van der Waals surface area contributed by atoms with E-state index in [0.29, 0.717) is 16.4 Å². The summed E-state index contributed by atoms with van der Waals surface area (Å²) in [6.07, 6.45) is 1.15. The Morgan fingerprint density at radius 1 is 1.39 bits per heavy atom. The zero-order valence-corrected chi connectivity index (χ0v) is 13.0. The molecule has 1 aliphatic heterocycles. The maximum Gasteiger partial charge on any atom is 0.246 e. The molecule has 1 aromatic heterocycles. The molecule has 0 radical (unpaired) electrons. The van der Waals surface area contributed by atoms with Crippen LogP contribution in [-0.4, -0.2) is 33.9 Å². The summed E-state index contributed by atoms with van der Waals surface area (Å²) in [5.41, 5.74) is -0.264. The van der Waals surface area contributed by atoms with Gasteiger partial charge in [0.15, 0.2) is 5.82 Å². The number of thioether (sulfide) groups is 2. The van der Waals surface area contributed by atoms with Gasteiger partial charge in [0.2, 0.25) is 5.89 Å². The van der Waals surface area contributed by atoms with Crippen molar-refractivity contribution in [2.75, 3.05) is 18.6 Å². The fourth-order valence-corrected chi connectivity index (χ4v) is 4.84. The van der Waals surface area contributed by atoms with Gasteiger partial charge in [0.05, 0.1) is 10.8 Å². The molecule has 0 amide bonds. The van der Waals surface area contributed by atoms with E-state index in [9.17, 15) is 0 Å². The standard InChI is InChI=1S/C12H21N3OS2/c1-5-8-9(18-7-6-17-8)10-14-11(16-15-10)12(2,3)13-4/h8-9,13H,5-7H2,1-4H3. The van der Waals surface area contributed by atoms with Crippen molar-refractivity contribution in [2.45, 2.75) is 43.2 Å². The van der Waals surface area contributed by atoms with Crippen molar-refractivity contribution < 1.29 is 4.52 Å². The minimum atomic E-state index is -0.264. The van der Waals surface area contributed by atoms with Crippen LogP contribution in [-0.2, 0) is 5.54 Å². The fourth-order valence-electron chi connectivity index (χ4n) is 1.85. The lowest BCUT2D eigenvalue weighted by atomic mass is 10.1. The van der Waals surface area contributed by atoms with Gasteiger partial charge in [-0.1, -0.05) is 12.1 Å². The monoisotopic (exact) mass is 287 g/mol. The maximum absolute atomic E-state index is 5.42. The first-order chi connectivity index (χ1) is 8.58. The zero-order valence-electron chi connectivity index (χ0n) is 11.4. The second-order valence-electron chi connectivity index (χ2n) is 4.94. The molecule has 6 heteroatoms. The molecule has 2 atom stereocenters. The molecule has 4 nitrogen and oxygen atoms in total. The van der Waals surface area contributed by atoms with Crippen molar-refractivity contribution in [1.82, 2.24) is 15.5 Å². The van der Waals surface area contributed by atoms with Crippen LogP contribution in [0.5, 0.6) is 0 Å². The van der Waals surface area contributed by atoms with Crippen molar-refractivity contribution in [3.8, 4) is 0 Å². The van der Waals surface area contributed by atoms with Gasteiger partial charge in [-0.15, -0.1) is 11.8 Å². The van der Waals surface area contributed by atoms with E-state index in [4.69, 9.17) is 4.52 Å². The fraction of sp³-hybridized carbons (Fsp3) is 0.833. The van der Waals surface area contributed by atoms with Gasteiger partial charge >= 0.3 is 0 Å². The second kappa shape index (κ2) is 5.84. The van der Waals surface area contributed by atoms with Crippen LogP contribution in [0.1, 0.15) is 44.2 Å². The molecule has 2 heterocycles. The molecular weight excluding hydrogens is 266 g/mol. The third-order valence-corrected chi connectivity index (χ3v) is 6.55. The average molecular weight is 287 g/mol. The molecule has 1 N–H and O–H groups in total. The Morgan fingerprint density at radius 3 is 2.78 bits per heavy atom. The van der Waals surface area contributed by atoms with Crippen LogP contribution in [0.15, 0.2) is 4.52 Å². The Hall–Kier alpha value is -0.200. The molecule has 1 saturated heterocycles. The zero-order chi connectivity index (χ0) is 13.2. The number of nitrogens with one attached hydrogen (secondary N) is 1. The third kappa shape index (κ3) is 2.86. The van der Waals surface area contributed by atoms with Gasteiger partial charge in [-0.05, 0) is 27.3 Å². The van der Waals surface area contributed by atoms with Crippen LogP contribution < -0.4 is 5.32 Å². The summed E-state index contributed by atoms with van der Waals surface area (Å²) in [6.45, 7) is 6.32. The summed E-state index contributed by atoms with van der Waals surface area (Å²) in [6, 6.07) is 0. The van der Waals surface area contributed by atoms with E-state index in [2.05, 4.69) is 22.4 Å². The summed E-state index contributed by atoms with van der Waals surface area (Å²) in [5.74, 6) is 3.93. The normalized spacial score (nSPS) is 25.3. The van der Waals surface area contributed by atoms with E-state index in [-0.39, 0.29) is 5.54 Å². The highest BCUT2D eigenvalue weighted by Crippen LogP contribution is 2.43. The van der Waals surface area contributed by atoms with Gasteiger partial charge in [-0.25, -0.2) is 0 Å². The first-order valence-corrected chi connectivity index (χ1v) is 8.44. The molecule has 0 aromatic carbocycles. The molecule has 18 heavy (non-hydrogen) atoms. The Bertz CT molecular complexity index is 394. The largest absolute Gasteiger partial charge is 0.337 e. The third-order valence-electron chi connectivity index (χ3n) is 3.31. The number of nitrogens with zero attached hydrogens (tertiary/aromatic N) is 2. The van der Waals surface area contributed by atoms with Crippen LogP contribution in [0, 0.1) is 0 Å². The minimum absolute atomic E-state index is 0.264. The predicted octanol–water partition coefficient (Wildman–Crippen LogP) is 2.82. The molecule has 0 spiro atoms. The van der Waals surface area contributed by atoms with Crippen LogP contribution in [0.2, 0.25) is 0 Å². The van der Waals surface area contributed by atoms with Gasteiger partial charge in [0, 0.05) is 16.8 Å². The van der Waals surface area contributed by atoms with Gasteiger partial charge in [0.25, 0.3) is 0 Å². The average Bonchev–Trinajstić information content (AvgIpc) is 2.89. The smallest absolute Gasteiger partial charge is 0.246 e. The second-order valence-corrected chi connectivity index (χ2v) is 7.54. The Morgan fingerprint density at radius 2 is 2.11 bits per heavy atom. The van der Waals surface area contributed by atoms with E-state index in [1.807, 2.05) is 44.4 Å². The van der Waals surface area contributed by atoms with Crippen molar-refractivity contribution >= 4 is 23.5 Å². The van der Waals surface area contributed by atoms with Crippen LogP contribution in [0.3, 0.4) is 0 Å². The van der Waals surface area contributed by atoms with Gasteiger partial charge in [-0.2, -0.15) is 16.7 Å². The van der Waals surface area contributed by atoms with E-state index in [0.717, 1.165) is 12.2 Å². The van der Waals surface area contributed by atoms with Crippen LogP contribution >= 0.6 is 23.5 Å². The van der Waals surface area contributed by atoms with Gasteiger partial charge < -0.3 is 9.84 Å². The Balaban J connectivity index is 2.18. The topological polar surface area (TPSA) is 51.0 Å². The predicted molar refractivity (Wildman–Crippen MR) is 78.1 cm³/mol. The SMILES string of the molecule is CCC1SCCSC1c1noc(C(C)(C)NC)n1. The summed E-state index contributed by atoms with van der Waals surface area (Å²) < 4.78 is 5.42.